The van der Waals surface area contributed by atoms with Gasteiger partial charge in [0.25, 0.3) is 5.91 Å². The zero-order valence-electron chi connectivity index (χ0n) is 12.6. The largest absolute Gasteiger partial charge is 0.326 e. The number of hydrogen-bond donors (Lipinski definition) is 2. The van der Waals surface area contributed by atoms with E-state index in [0.717, 1.165) is 28.3 Å². The molecule has 22 heavy (non-hydrogen) atoms. The summed E-state index contributed by atoms with van der Waals surface area (Å²) in [7, 11) is 1.98. The Balaban J connectivity index is 1.91. The highest BCUT2D eigenvalue weighted by Crippen LogP contribution is 2.19. The molecule has 0 saturated heterocycles. The maximum atomic E-state index is 12.1. The first kappa shape index (κ1) is 16.8. The Morgan fingerprint density at radius 2 is 1.86 bits per heavy atom. The zero-order chi connectivity index (χ0) is 16.1. The fourth-order valence-corrected chi connectivity index (χ4v) is 2.73. The normalized spacial score (nSPS) is 12.0. The van der Waals surface area contributed by atoms with Gasteiger partial charge < -0.3 is 10.2 Å². The van der Waals surface area contributed by atoms with E-state index in [2.05, 4.69) is 5.32 Å². The second-order valence-electron chi connectivity index (χ2n) is 5.45. The van der Waals surface area contributed by atoms with Crippen LogP contribution < -0.4 is 10.2 Å². The van der Waals surface area contributed by atoms with Gasteiger partial charge >= 0.3 is 0 Å². The van der Waals surface area contributed by atoms with Crippen LogP contribution in [0.4, 0.5) is 5.69 Å². The lowest BCUT2D eigenvalue weighted by Crippen LogP contribution is -3.08. The lowest BCUT2D eigenvalue weighted by Gasteiger charge is -2.15. The topological polar surface area (TPSA) is 33.5 Å². The van der Waals surface area contributed by atoms with Crippen LogP contribution in [0.5, 0.6) is 0 Å². The number of carbonyl (C=O) groups is 1. The van der Waals surface area contributed by atoms with Gasteiger partial charge in [0.1, 0.15) is 6.54 Å². The van der Waals surface area contributed by atoms with Gasteiger partial charge in [0.05, 0.1) is 7.05 Å². The van der Waals surface area contributed by atoms with Gasteiger partial charge in [-0.3, -0.25) is 4.79 Å². The van der Waals surface area contributed by atoms with Crippen LogP contribution >= 0.6 is 23.2 Å². The number of aryl methyl sites for hydroxylation is 1. The summed E-state index contributed by atoms with van der Waals surface area (Å²) in [5.41, 5.74) is 2.86. The lowest BCUT2D eigenvalue weighted by atomic mass is 10.2. The summed E-state index contributed by atoms with van der Waals surface area (Å²) in [6.45, 7) is 3.05. The number of quaternary nitrogens is 1. The molecule has 1 unspecified atom stereocenters. The minimum Gasteiger partial charge on any atom is -0.326 e. The van der Waals surface area contributed by atoms with E-state index in [0.29, 0.717) is 16.6 Å². The molecule has 0 fully saturated rings. The molecule has 2 rings (SSSR count). The second kappa shape index (κ2) is 7.63. The van der Waals surface area contributed by atoms with Crippen molar-refractivity contribution in [3.63, 3.8) is 0 Å². The summed E-state index contributed by atoms with van der Waals surface area (Å²) in [6.07, 6.45) is 0. The van der Waals surface area contributed by atoms with Crippen molar-refractivity contribution in [1.82, 2.24) is 0 Å². The third kappa shape index (κ3) is 5.02. The fraction of sp³-hybridized carbons (Fsp3) is 0.235. The minimum atomic E-state index is -0.0232. The average Bonchev–Trinajstić information content (AvgIpc) is 2.41. The van der Waals surface area contributed by atoms with Crippen LogP contribution in [0, 0.1) is 6.92 Å². The minimum absolute atomic E-state index is 0.0232. The van der Waals surface area contributed by atoms with Crippen molar-refractivity contribution < 1.29 is 9.69 Å². The predicted octanol–water partition coefficient (Wildman–Crippen LogP) is 2.96. The van der Waals surface area contributed by atoms with E-state index < -0.39 is 0 Å². The van der Waals surface area contributed by atoms with E-state index in [4.69, 9.17) is 23.2 Å². The van der Waals surface area contributed by atoms with E-state index >= 15 is 0 Å². The molecule has 3 nitrogen and oxygen atoms in total. The summed E-state index contributed by atoms with van der Waals surface area (Å²) in [6, 6.07) is 13.1. The Bertz CT molecular complexity index is 673. The molecule has 0 saturated carbocycles. The highest BCUT2D eigenvalue weighted by Gasteiger charge is 2.12. The summed E-state index contributed by atoms with van der Waals surface area (Å²) in [5, 5.41) is 4.30. The van der Waals surface area contributed by atoms with Crippen LogP contribution in [0.15, 0.2) is 42.5 Å². The van der Waals surface area contributed by atoms with E-state index in [-0.39, 0.29) is 5.91 Å². The highest BCUT2D eigenvalue weighted by molar-refractivity contribution is 6.31. The molecule has 0 aliphatic carbocycles. The molecule has 2 aromatic carbocycles. The summed E-state index contributed by atoms with van der Waals surface area (Å²) >= 11 is 11.9. The third-order valence-electron chi connectivity index (χ3n) is 3.32. The molecule has 1 atom stereocenters. The molecule has 0 aromatic heterocycles. The smallest absolute Gasteiger partial charge is 0.279 e. The van der Waals surface area contributed by atoms with Crippen molar-refractivity contribution >= 4 is 34.8 Å². The van der Waals surface area contributed by atoms with Crippen molar-refractivity contribution in [2.75, 3.05) is 18.9 Å². The van der Waals surface area contributed by atoms with Crippen molar-refractivity contribution in [3.8, 4) is 0 Å². The molecule has 0 heterocycles. The molecule has 0 radical (unpaired) electrons. The number of likely N-dealkylation sites (N-methyl/N-ethyl adjacent to an activating group) is 1. The van der Waals surface area contributed by atoms with Crippen LogP contribution in [0.25, 0.3) is 0 Å². The molecule has 5 heteroatoms. The van der Waals surface area contributed by atoms with Gasteiger partial charge in [-0.25, -0.2) is 0 Å². The number of anilines is 1. The first-order chi connectivity index (χ1) is 10.4. The Labute approximate surface area is 140 Å². The maximum Gasteiger partial charge on any atom is 0.279 e. The fourth-order valence-electron chi connectivity index (χ4n) is 2.29. The monoisotopic (exact) mass is 337 g/mol. The van der Waals surface area contributed by atoms with Crippen LogP contribution in [-0.4, -0.2) is 19.5 Å². The van der Waals surface area contributed by atoms with Crippen LogP contribution in [0.1, 0.15) is 11.1 Å². The van der Waals surface area contributed by atoms with Gasteiger partial charge in [-0.15, -0.1) is 0 Å². The van der Waals surface area contributed by atoms with Gasteiger partial charge in [0.2, 0.25) is 0 Å². The first-order valence-corrected chi connectivity index (χ1v) is 7.81. The third-order valence-corrected chi connectivity index (χ3v) is 3.79. The molecule has 0 spiro atoms. The first-order valence-electron chi connectivity index (χ1n) is 7.06. The number of carbonyl (C=O) groups excluding carboxylic acids is 1. The highest BCUT2D eigenvalue weighted by atomic mass is 35.5. The Morgan fingerprint density at radius 3 is 2.55 bits per heavy atom. The van der Waals surface area contributed by atoms with Gasteiger partial charge in [0, 0.05) is 21.3 Å². The molecule has 0 aliphatic rings. The number of rotatable bonds is 5. The predicted molar refractivity (Wildman–Crippen MR) is 91.7 cm³/mol. The van der Waals surface area contributed by atoms with Crippen LogP contribution in [-0.2, 0) is 11.3 Å². The van der Waals surface area contributed by atoms with E-state index in [1.807, 2.05) is 50.4 Å². The number of amides is 1. The average molecular weight is 338 g/mol. The maximum absolute atomic E-state index is 12.1. The Morgan fingerprint density at radius 1 is 1.14 bits per heavy atom. The SMILES string of the molecule is Cc1cc(Cl)ccc1NC(=O)C[NH+](C)Cc1cccc(Cl)c1. The van der Waals surface area contributed by atoms with Gasteiger partial charge in [-0.1, -0.05) is 35.3 Å². The van der Waals surface area contributed by atoms with E-state index in [9.17, 15) is 4.79 Å². The zero-order valence-corrected chi connectivity index (χ0v) is 14.1. The molecular weight excluding hydrogens is 319 g/mol. The summed E-state index contributed by atoms with van der Waals surface area (Å²) in [5.74, 6) is -0.0232. The van der Waals surface area contributed by atoms with Crippen molar-refractivity contribution in [2.45, 2.75) is 13.5 Å². The van der Waals surface area contributed by atoms with Gasteiger partial charge in [-0.05, 0) is 42.8 Å². The Kier molecular flexibility index (Phi) is 5.83. The van der Waals surface area contributed by atoms with Crippen LogP contribution in [0.3, 0.4) is 0 Å². The van der Waals surface area contributed by atoms with Gasteiger partial charge in [-0.2, -0.15) is 0 Å². The van der Waals surface area contributed by atoms with E-state index in [1.54, 1.807) is 6.07 Å². The van der Waals surface area contributed by atoms with Crippen LogP contribution in [0.2, 0.25) is 10.0 Å². The molecule has 2 N–H and O–H groups in total. The molecule has 116 valence electrons. The Hall–Kier alpha value is -1.55. The second-order valence-corrected chi connectivity index (χ2v) is 6.32. The number of nitrogens with one attached hydrogen (secondary N) is 2. The van der Waals surface area contributed by atoms with Crippen molar-refractivity contribution in [1.29, 1.82) is 0 Å². The summed E-state index contributed by atoms with van der Waals surface area (Å²) < 4.78 is 0. The van der Waals surface area contributed by atoms with Gasteiger partial charge in [0.15, 0.2) is 6.54 Å². The van der Waals surface area contributed by atoms with E-state index in [1.165, 1.54) is 0 Å². The van der Waals surface area contributed by atoms with Crippen molar-refractivity contribution in [2.24, 2.45) is 0 Å². The number of halogens is 2. The van der Waals surface area contributed by atoms with Crippen molar-refractivity contribution in [3.05, 3.63) is 63.6 Å². The lowest BCUT2D eigenvalue weighted by molar-refractivity contribution is -0.885. The molecular formula is C17H19Cl2N2O+. The molecule has 0 bridgehead atoms. The standard InChI is InChI=1S/C17H18Cl2N2O/c1-12-8-15(19)6-7-16(12)20-17(22)11-21(2)10-13-4-3-5-14(18)9-13/h3-9H,10-11H2,1-2H3,(H,20,22)/p+1. The quantitative estimate of drug-likeness (QED) is 0.864. The number of hydrogen-bond acceptors (Lipinski definition) is 1. The number of benzene rings is 2. The molecule has 1 amide bonds. The molecule has 0 aliphatic heterocycles. The summed E-state index contributed by atoms with van der Waals surface area (Å²) in [4.78, 5) is 13.2. The molecule has 2 aromatic rings.